The first kappa shape index (κ1) is 16.3. The molecule has 0 bridgehead atoms. The zero-order valence-corrected chi connectivity index (χ0v) is 15.8. The number of rotatable bonds is 4. The fourth-order valence-corrected chi connectivity index (χ4v) is 5.02. The number of fused-ring (bicyclic) bond motifs is 2. The van der Waals surface area contributed by atoms with Gasteiger partial charge < -0.3 is 4.74 Å². The number of imidazole rings is 1. The van der Waals surface area contributed by atoms with Gasteiger partial charge in [0.05, 0.1) is 22.9 Å². The molecule has 2 aromatic heterocycles. The van der Waals surface area contributed by atoms with Gasteiger partial charge in [-0.3, -0.25) is 9.12 Å². The van der Waals surface area contributed by atoms with Crippen molar-refractivity contribution < 1.29 is 13.2 Å². The van der Waals surface area contributed by atoms with Crippen LogP contribution in [0.2, 0.25) is 0 Å². The fraction of sp³-hybridized carbons (Fsp3) is 0.105. The number of para-hydroxylation sites is 1. The maximum atomic E-state index is 12.9. The van der Waals surface area contributed by atoms with Crippen LogP contribution >= 0.6 is 11.3 Å². The summed E-state index contributed by atoms with van der Waals surface area (Å²) in [6.07, 6.45) is 4.54. The number of hydrogen-bond acceptors (Lipinski definition) is 5. The molecule has 2 aromatic carbocycles. The minimum absolute atomic E-state index is 0.229. The molecule has 136 valence electrons. The van der Waals surface area contributed by atoms with E-state index in [4.69, 9.17) is 4.74 Å². The molecular formula is C19H15N3O3S2. The summed E-state index contributed by atoms with van der Waals surface area (Å²) in [5, 5.41) is 1.96. The molecule has 6 nitrogen and oxygen atoms in total. The minimum atomic E-state index is -3.72. The number of sulfonamides is 1. The smallest absolute Gasteiger partial charge is 0.261 e. The topological polar surface area (TPSA) is 72.7 Å². The van der Waals surface area contributed by atoms with Crippen molar-refractivity contribution in [1.82, 2.24) is 9.38 Å². The number of hydrogen-bond donors (Lipinski definition) is 1. The molecule has 0 fully saturated rings. The molecule has 0 saturated carbocycles. The Morgan fingerprint density at radius 3 is 2.96 bits per heavy atom. The van der Waals surface area contributed by atoms with Gasteiger partial charge in [0, 0.05) is 29.8 Å². The molecule has 0 unspecified atom stereocenters. The molecule has 0 radical (unpaired) electrons. The SMILES string of the molecule is O=S(=O)(Nc1ccccc1-c1cn2ccsc2n1)c1ccc2c(c1)CCO2. The van der Waals surface area contributed by atoms with Gasteiger partial charge in [-0.15, -0.1) is 11.3 Å². The first-order valence-electron chi connectivity index (χ1n) is 8.40. The van der Waals surface area contributed by atoms with Crippen LogP contribution in [0.15, 0.2) is 65.1 Å². The van der Waals surface area contributed by atoms with E-state index in [9.17, 15) is 8.42 Å². The van der Waals surface area contributed by atoms with Gasteiger partial charge in [-0.05, 0) is 29.8 Å². The third-order valence-electron chi connectivity index (χ3n) is 4.51. The third kappa shape index (κ3) is 2.87. The lowest BCUT2D eigenvalue weighted by molar-refractivity contribution is 0.356. The highest BCUT2D eigenvalue weighted by molar-refractivity contribution is 7.92. The minimum Gasteiger partial charge on any atom is -0.493 e. The van der Waals surface area contributed by atoms with Gasteiger partial charge in [0.15, 0.2) is 4.96 Å². The van der Waals surface area contributed by atoms with Crippen LogP contribution in [-0.4, -0.2) is 24.4 Å². The van der Waals surface area contributed by atoms with Crippen LogP contribution in [0, 0.1) is 0 Å². The Morgan fingerprint density at radius 2 is 2.07 bits per heavy atom. The van der Waals surface area contributed by atoms with Crippen LogP contribution in [-0.2, 0) is 16.4 Å². The first-order valence-corrected chi connectivity index (χ1v) is 10.8. The highest BCUT2D eigenvalue weighted by Gasteiger charge is 2.21. The van der Waals surface area contributed by atoms with E-state index in [2.05, 4.69) is 9.71 Å². The van der Waals surface area contributed by atoms with Gasteiger partial charge in [-0.1, -0.05) is 18.2 Å². The van der Waals surface area contributed by atoms with E-state index in [0.717, 1.165) is 34.0 Å². The molecule has 0 spiro atoms. The molecule has 5 rings (SSSR count). The molecule has 4 aromatic rings. The number of anilines is 1. The van der Waals surface area contributed by atoms with Crippen molar-refractivity contribution in [3.63, 3.8) is 0 Å². The van der Waals surface area contributed by atoms with Crippen molar-refractivity contribution in [3.05, 3.63) is 65.8 Å². The quantitative estimate of drug-likeness (QED) is 0.569. The number of benzene rings is 2. The summed E-state index contributed by atoms with van der Waals surface area (Å²) in [4.78, 5) is 5.68. The van der Waals surface area contributed by atoms with E-state index in [-0.39, 0.29) is 4.90 Å². The predicted octanol–water partition coefficient (Wildman–Crippen LogP) is 3.80. The Hall–Kier alpha value is -2.84. The van der Waals surface area contributed by atoms with Gasteiger partial charge in [0.1, 0.15) is 5.75 Å². The summed E-state index contributed by atoms with van der Waals surface area (Å²) in [6.45, 7) is 0.590. The molecule has 3 heterocycles. The van der Waals surface area contributed by atoms with Crippen molar-refractivity contribution in [3.8, 4) is 17.0 Å². The zero-order chi connectivity index (χ0) is 18.4. The van der Waals surface area contributed by atoms with E-state index in [1.807, 2.05) is 34.3 Å². The molecule has 1 aliphatic heterocycles. The first-order chi connectivity index (χ1) is 13.1. The summed E-state index contributed by atoms with van der Waals surface area (Å²) in [6, 6.07) is 12.2. The van der Waals surface area contributed by atoms with Crippen LogP contribution in [0.4, 0.5) is 5.69 Å². The van der Waals surface area contributed by atoms with E-state index in [1.54, 1.807) is 30.3 Å². The second-order valence-corrected chi connectivity index (χ2v) is 8.79. The molecule has 0 atom stereocenters. The number of ether oxygens (including phenoxy) is 1. The van der Waals surface area contributed by atoms with E-state index in [0.29, 0.717) is 12.3 Å². The Balaban J connectivity index is 1.53. The Labute approximate surface area is 160 Å². The maximum absolute atomic E-state index is 12.9. The van der Waals surface area contributed by atoms with Gasteiger partial charge in [0.25, 0.3) is 10.0 Å². The van der Waals surface area contributed by atoms with Crippen molar-refractivity contribution in [1.29, 1.82) is 0 Å². The standard InChI is InChI=1S/C19H15N3O3S2/c23-27(24,14-5-6-18-13(11-14)7-9-25-18)21-16-4-2-1-3-15(16)17-12-22-8-10-26-19(22)20-17/h1-6,8,10-12,21H,7,9H2. The molecule has 27 heavy (non-hydrogen) atoms. The highest BCUT2D eigenvalue weighted by atomic mass is 32.2. The molecule has 1 N–H and O–H groups in total. The Morgan fingerprint density at radius 1 is 1.19 bits per heavy atom. The van der Waals surface area contributed by atoms with Crippen LogP contribution in [0.25, 0.3) is 16.2 Å². The monoisotopic (exact) mass is 397 g/mol. The second kappa shape index (κ2) is 6.11. The summed E-state index contributed by atoms with van der Waals surface area (Å²) < 4.78 is 36.0. The largest absolute Gasteiger partial charge is 0.493 e. The van der Waals surface area contributed by atoms with Gasteiger partial charge in [-0.2, -0.15) is 0 Å². The van der Waals surface area contributed by atoms with E-state index in [1.165, 1.54) is 11.3 Å². The van der Waals surface area contributed by atoms with E-state index < -0.39 is 10.0 Å². The summed E-state index contributed by atoms with van der Waals surface area (Å²) in [5.41, 5.74) is 2.88. The highest BCUT2D eigenvalue weighted by Crippen LogP contribution is 2.32. The average molecular weight is 397 g/mol. The number of thiazole rings is 1. The molecule has 1 aliphatic rings. The van der Waals surface area contributed by atoms with Crippen molar-refractivity contribution in [2.24, 2.45) is 0 Å². The van der Waals surface area contributed by atoms with Gasteiger partial charge in [0.2, 0.25) is 0 Å². The Bertz CT molecular complexity index is 1230. The third-order valence-corrected chi connectivity index (χ3v) is 6.65. The maximum Gasteiger partial charge on any atom is 0.261 e. The normalized spacial score (nSPS) is 13.5. The summed E-state index contributed by atoms with van der Waals surface area (Å²) in [7, 11) is -3.72. The van der Waals surface area contributed by atoms with E-state index >= 15 is 0 Å². The van der Waals surface area contributed by atoms with Crippen LogP contribution in [0.1, 0.15) is 5.56 Å². The second-order valence-electron chi connectivity index (χ2n) is 6.24. The lowest BCUT2D eigenvalue weighted by atomic mass is 10.1. The van der Waals surface area contributed by atoms with Crippen LogP contribution < -0.4 is 9.46 Å². The summed E-state index contributed by atoms with van der Waals surface area (Å²) in [5.74, 6) is 0.757. The van der Waals surface area contributed by atoms with Crippen molar-refractivity contribution in [2.45, 2.75) is 11.3 Å². The van der Waals surface area contributed by atoms with Crippen LogP contribution in [0.5, 0.6) is 5.75 Å². The summed E-state index contributed by atoms with van der Waals surface area (Å²) >= 11 is 1.53. The lowest BCUT2D eigenvalue weighted by Gasteiger charge is -2.12. The molecule has 0 aliphatic carbocycles. The predicted molar refractivity (Wildman–Crippen MR) is 105 cm³/mol. The number of aromatic nitrogens is 2. The Kier molecular flexibility index (Phi) is 3.70. The van der Waals surface area contributed by atoms with Crippen molar-refractivity contribution in [2.75, 3.05) is 11.3 Å². The number of nitrogens with zero attached hydrogens (tertiary/aromatic N) is 2. The number of nitrogens with one attached hydrogen (secondary N) is 1. The zero-order valence-electron chi connectivity index (χ0n) is 14.1. The molecule has 0 amide bonds. The fourth-order valence-electron chi connectivity index (χ4n) is 3.19. The van der Waals surface area contributed by atoms with Crippen molar-refractivity contribution >= 4 is 32.0 Å². The molecular weight excluding hydrogens is 382 g/mol. The van der Waals surface area contributed by atoms with Gasteiger partial charge in [-0.25, -0.2) is 13.4 Å². The van der Waals surface area contributed by atoms with Gasteiger partial charge >= 0.3 is 0 Å². The molecule has 8 heteroatoms. The lowest BCUT2D eigenvalue weighted by Crippen LogP contribution is -2.13. The average Bonchev–Trinajstić information content (AvgIpc) is 3.37. The molecule has 0 saturated heterocycles. The van der Waals surface area contributed by atoms with Crippen LogP contribution in [0.3, 0.4) is 0 Å².